The third-order valence-electron chi connectivity index (χ3n) is 3.62. The quantitative estimate of drug-likeness (QED) is 0.785. The van der Waals surface area contributed by atoms with E-state index in [1.165, 1.54) is 0 Å². The zero-order chi connectivity index (χ0) is 13.0. The normalized spacial score (nSPS) is 16.8. The van der Waals surface area contributed by atoms with E-state index in [1.807, 2.05) is 29.2 Å². The lowest BCUT2D eigenvalue weighted by Gasteiger charge is -2.31. The number of hydrogen-bond acceptors (Lipinski definition) is 3. The molecule has 0 unspecified atom stereocenters. The fraction of sp³-hybridized carbons (Fsp3) is 0.500. The van der Waals surface area contributed by atoms with E-state index in [4.69, 9.17) is 10.8 Å². The third kappa shape index (κ3) is 3.01. The third-order valence-corrected chi connectivity index (χ3v) is 3.62. The molecule has 0 spiro atoms. The number of nitrogens with two attached hydrogens (primary N) is 1. The van der Waals surface area contributed by atoms with Crippen LogP contribution in [0.1, 0.15) is 18.4 Å². The molecule has 1 saturated heterocycles. The average Bonchev–Trinajstić information content (AvgIpc) is 2.41. The monoisotopic (exact) mass is 248 g/mol. The summed E-state index contributed by atoms with van der Waals surface area (Å²) in [5, 5.41) is 9.07. The summed E-state index contributed by atoms with van der Waals surface area (Å²) < 4.78 is 0. The second-order valence-electron chi connectivity index (χ2n) is 4.88. The minimum Gasteiger partial charge on any atom is -0.398 e. The molecular formula is C14H20N2O2. The van der Waals surface area contributed by atoms with Gasteiger partial charge in [0.1, 0.15) is 0 Å². The van der Waals surface area contributed by atoms with Gasteiger partial charge in [0.15, 0.2) is 0 Å². The van der Waals surface area contributed by atoms with Gasteiger partial charge >= 0.3 is 0 Å². The summed E-state index contributed by atoms with van der Waals surface area (Å²) in [6.07, 6.45) is 2.16. The number of nitrogens with zero attached hydrogens (tertiary/aromatic N) is 1. The molecule has 1 fully saturated rings. The molecule has 0 saturated carbocycles. The first kappa shape index (κ1) is 12.9. The Kier molecular flexibility index (Phi) is 4.20. The number of aliphatic hydroxyl groups is 1. The van der Waals surface area contributed by atoms with Gasteiger partial charge in [0, 0.05) is 25.4 Å². The molecule has 0 atom stereocenters. The van der Waals surface area contributed by atoms with Crippen LogP contribution in [0.2, 0.25) is 0 Å². The largest absolute Gasteiger partial charge is 0.398 e. The summed E-state index contributed by atoms with van der Waals surface area (Å²) in [6, 6.07) is 7.49. The zero-order valence-corrected chi connectivity index (χ0v) is 10.5. The maximum absolute atomic E-state index is 12.1. The van der Waals surface area contributed by atoms with Gasteiger partial charge in [-0.2, -0.15) is 0 Å². The molecule has 0 radical (unpaired) electrons. The number of benzene rings is 1. The SMILES string of the molecule is Nc1ccccc1CC(=O)N1CCC(CO)CC1. The zero-order valence-electron chi connectivity index (χ0n) is 10.5. The summed E-state index contributed by atoms with van der Waals surface area (Å²) in [6.45, 7) is 1.72. The van der Waals surface area contributed by atoms with E-state index in [-0.39, 0.29) is 12.5 Å². The Morgan fingerprint density at radius 3 is 2.61 bits per heavy atom. The van der Waals surface area contributed by atoms with Crippen LogP contribution in [-0.4, -0.2) is 35.6 Å². The highest BCUT2D eigenvalue weighted by Crippen LogP contribution is 2.18. The number of para-hydroxylation sites is 1. The summed E-state index contributed by atoms with van der Waals surface area (Å²) in [5.74, 6) is 0.486. The van der Waals surface area contributed by atoms with Crippen molar-refractivity contribution in [2.75, 3.05) is 25.4 Å². The predicted molar refractivity (Wildman–Crippen MR) is 70.9 cm³/mol. The van der Waals surface area contributed by atoms with E-state index >= 15 is 0 Å². The van der Waals surface area contributed by atoms with Crippen molar-refractivity contribution in [1.29, 1.82) is 0 Å². The average molecular weight is 248 g/mol. The van der Waals surface area contributed by atoms with Gasteiger partial charge in [-0.05, 0) is 30.4 Å². The lowest BCUT2D eigenvalue weighted by atomic mass is 9.97. The summed E-state index contributed by atoms with van der Waals surface area (Å²) >= 11 is 0. The Morgan fingerprint density at radius 2 is 2.00 bits per heavy atom. The van der Waals surface area contributed by atoms with Gasteiger partial charge in [-0.15, -0.1) is 0 Å². The fourth-order valence-electron chi connectivity index (χ4n) is 2.33. The molecule has 0 aromatic heterocycles. The number of carbonyl (C=O) groups excluding carboxylic acids is 1. The molecule has 1 heterocycles. The van der Waals surface area contributed by atoms with Gasteiger partial charge in [-0.1, -0.05) is 18.2 Å². The summed E-state index contributed by atoms with van der Waals surface area (Å²) in [7, 11) is 0. The molecule has 3 N–H and O–H groups in total. The molecule has 1 aromatic carbocycles. The Hall–Kier alpha value is -1.55. The molecule has 4 nitrogen and oxygen atoms in total. The molecule has 98 valence electrons. The van der Waals surface area contributed by atoms with Crippen molar-refractivity contribution in [3.63, 3.8) is 0 Å². The number of anilines is 1. The Morgan fingerprint density at radius 1 is 1.33 bits per heavy atom. The first-order valence-electron chi connectivity index (χ1n) is 6.42. The second kappa shape index (κ2) is 5.87. The highest BCUT2D eigenvalue weighted by Gasteiger charge is 2.22. The maximum atomic E-state index is 12.1. The van der Waals surface area contributed by atoms with Crippen LogP contribution in [0.15, 0.2) is 24.3 Å². The van der Waals surface area contributed by atoms with Crippen LogP contribution in [0.25, 0.3) is 0 Å². The van der Waals surface area contributed by atoms with Gasteiger partial charge in [0.25, 0.3) is 0 Å². The van der Waals surface area contributed by atoms with E-state index in [1.54, 1.807) is 0 Å². The number of piperidine rings is 1. The topological polar surface area (TPSA) is 66.6 Å². The lowest BCUT2D eigenvalue weighted by Crippen LogP contribution is -2.40. The fourth-order valence-corrected chi connectivity index (χ4v) is 2.33. The molecular weight excluding hydrogens is 228 g/mol. The molecule has 4 heteroatoms. The van der Waals surface area contributed by atoms with Gasteiger partial charge in [0.2, 0.25) is 5.91 Å². The van der Waals surface area contributed by atoms with Gasteiger partial charge < -0.3 is 15.7 Å². The van der Waals surface area contributed by atoms with Gasteiger partial charge in [-0.3, -0.25) is 4.79 Å². The predicted octanol–water partition coefficient (Wildman–Crippen LogP) is 1.04. The van der Waals surface area contributed by atoms with Gasteiger partial charge in [-0.25, -0.2) is 0 Å². The number of nitrogen functional groups attached to an aromatic ring is 1. The molecule has 2 rings (SSSR count). The van der Waals surface area contributed by atoms with Crippen molar-refractivity contribution >= 4 is 11.6 Å². The highest BCUT2D eigenvalue weighted by molar-refractivity contribution is 5.80. The molecule has 1 aliphatic rings. The highest BCUT2D eigenvalue weighted by atomic mass is 16.3. The minimum atomic E-state index is 0.129. The number of hydrogen-bond donors (Lipinski definition) is 2. The smallest absolute Gasteiger partial charge is 0.227 e. The summed E-state index contributed by atoms with van der Waals surface area (Å²) in [4.78, 5) is 14.0. The Labute approximate surface area is 107 Å². The van der Waals surface area contributed by atoms with Crippen molar-refractivity contribution in [3.8, 4) is 0 Å². The maximum Gasteiger partial charge on any atom is 0.227 e. The molecule has 18 heavy (non-hydrogen) atoms. The van der Waals surface area contributed by atoms with Crippen molar-refractivity contribution in [1.82, 2.24) is 4.90 Å². The number of likely N-dealkylation sites (tertiary alicyclic amines) is 1. The van der Waals surface area contributed by atoms with E-state index < -0.39 is 0 Å². The van der Waals surface area contributed by atoms with E-state index in [2.05, 4.69) is 0 Å². The standard InChI is InChI=1S/C14H20N2O2/c15-13-4-2-1-3-12(13)9-14(18)16-7-5-11(10-17)6-8-16/h1-4,11,17H,5-10,15H2. The first-order valence-corrected chi connectivity index (χ1v) is 6.42. The van der Waals surface area contributed by atoms with E-state index in [9.17, 15) is 4.79 Å². The van der Waals surface area contributed by atoms with Crippen LogP contribution in [0.3, 0.4) is 0 Å². The van der Waals surface area contributed by atoms with Crippen LogP contribution in [-0.2, 0) is 11.2 Å². The minimum absolute atomic E-state index is 0.129. The van der Waals surface area contributed by atoms with Crippen molar-refractivity contribution < 1.29 is 9.90 Å². The van der Waals surface area contributed by atoms with Crippen molar-refractivity contribution in [3.05, 3.63) is 29.8 Å². The molecule has 0 bridgehead atoms. The number of aliphatic hydroxyl groups excluding tert-OH is 1. The molecule has 1 aliphatic heterocycles. The van der Waals surface area contributed by atoms with Crippen molar-refractivity contribution in [2.24, 2.45) is 5.92 Å². The molecule has 0 aliphatic carbocycles. The first-order chi connectivity index (χ1) is 8.70. The second-order valence-corrected chi connectivity index (χ2v) is 4.88. The van der Waals surface area contributed by atoms with Crippen LogP contribution < -0.4 is 5.73 Å². The Bertz CT molecular complexity index is 412. The van der Waals surface area contributed by atoms with Gasteiger partial charge in [0.05, 0.1) is 6.42 Å². The molecule has 1 aromatic rings. The van der Waals surface area contributed by atoms with Crippen LogP contribution >= 0.6 is 0 Å². The number of rotatable bonds is 3. The van der Waals surface area contributed by atoms with Crippen molar-refractivity contribution in [2.45, 2.75) is 19.3 Å². The summed E-state index contributed by atoms with van der Waals surface area (Å²) in [5.41, 5.74) is 7.41. The Balaban J connectivity index is 1.91. The van der Waals surface area contributed by atoms with Crippen LogP contribution in [0.5, 0.6) is 0 Å². The number of carbonyl (C=O) groups is 1. The lowest BCUT2D eigenvalue weighted by molar-refractivity contribution is -0.132. The van der Waals surface area contributed by atoms with Crippen LogP contribution in [0.4, 0.5) is 5.69 Å². The van der Waals surface area contributed by atoms with Crippen LogP contribution in [0, 0.1) is 5.92 Å². The number of amides is 1. The van der Waals surface area contributed by atoms with E-state index in [0.29, 0.717) is 18.0 Å². The van der Waals surface area contributed by atoms with E-state index in [0.717, 1.165) is 31.5 Å². The molecule has 1 amide bonds.